The van der Waals surface area contributed by atoms with Gasteiger partial charge in [0.2, 0.25) is 0 Å². The molecule has 0 aromatic heterocycles. The van der Waals surface area contributed by atoms with Crippen molar-refractivity contribution in [2.45, 2.75) is 45.8 Å². The molecular formula is C12H22O2. The monoisotopic (exact) mass is 198 g/mol. The summed E-state index contributed by atoms with van der Waals surface area (Å²) in [4.78, 5) is 0. The van der Waals surface area contributed by atoms with E-state index in [-0.39, 0.29) is 5.92 Å². The number of rotatable bonds is 6. The summed E-state index contributed by atoms with van der Waals surface area (Å²) in [6, 6.07) is 0. The van der Waals surface area contributed by atoms with E-state index >= 15 is 0 Å². The predicted octanol–water partition coefficient (Wildman–Crippen LogP) is 2.63. The largest absolute Gasteiger partial charge is 0.362 e. The summed E-state index contributed by atoms with van der Waals surface area (Å²) in [5.74, 6) is -1.90. The summed E-state index contributed by atoms with van der Waals surface area (Å²) < 4.78 is 0. The average Bonchev–Trinajstić information content (AvgIpc) is 2.11. The number of hydrogen-bond acceptors (Lipinski definition) is 2. The second kappa shape index (κ2) is 6.80. The molecule has 82 valence electrons. The molecule has 2 heteroatoms. The van der Waals surface area contributed by atoms with Crippen molar-refractivity contribution in [2.24, 2.45) is 5.92 Å². The van der Waals surface area contributed by atoms with Crippen LogP contribution in [-0.4, -0.2) is 16.0 Å². The molecule has 0 aliphatic heterocycles. The van der Waals surface area contributed by atoms with Crippen LogP contribution in [0, 0.1) is 5.92 Å². The third-order valence-electron chi connectivity index (χ3n) is 2.25. The highest BCUT2D eigenvalue weighted by Gasteiger charge is 2.28. The molecule has 14 heavy (non-hydrogen) atoms. The topological polar surface area (TPSA) is 40.5 Å². The minimum Gasteiger partial charge on any atom is -0.362 e. The molecule has 0 aromatic rings. The van der Waals surface area contributed by atoms with Gasteiger partial charge < -0.3 is 10.2 Å². The van der Waals surface area contributed by atoms with Crippen LogP contribution in [0.2, 0.25) is 0 Å². The number of unbranched alkanes of at least 4 members (excludes halogenated alkanes) is 1. The van der Waals surface area contributed by atoms with Crippen molar-refractivity contribution in [3.8, 4) is 0 Å². The zero-order valence-corrected chi connectivity index (χ0v) is 9.40. The molecule has 0 aliphatic carbocycles. The van der Waals surface area contributed by atoms with E-state index in [1.165, 1.54) is 6.08 Å². The Hall–Kier alpha value is -0.600. The molecule has 0 spiro atoms. The molecule has 1 unspecified atom stereocenters. The van der Waals surface area contributed by atoms with Gasteiger partial charge >= 0.3 is 0 Å². The van der Waals surface area contributed by atoms with Gasteiger partial charge in [-0.1, -0.05) is 38.0 Å². The molecular weight excluding hydrogens is 176 g/mol. The van der Waals surface area contributed by atoms with E-state index in [0.717, 1.165) is 19.3 Å². The molecule has 0 rings (SSSR count). The van der Waals surface area contributed by atoms with Crippen LogP contribution in [0.4, 0.5) is 0 Å². The summed E-state index contributed by atoms with van der Waals surface area (Å²) in [6.07, 6.45) is 9.71. The quantitative estimate of drug-likeness (QED) is 0.509. The van der Waals surface area contributed by atoms with Crippen LogP contribution < -0.4 is 0 Å². The normalized spacial score (nSPS) is 15.5. The van der Waals surface area contributed by atoms with Gasteiger partial charge in [-0.25, -0.2) is 0 Å². The van der Waals surface area contributed by atoms with Gasteiger partial charge in [0, 0.05) is 5.92 Å². The summed E-state index contributed by atoms with van der Waals surface area (Å²) >= 11 is 0. The van der Waals surface area contributed by atoms with Crippen molar-refractivity contribution >= 4 is 0 Å². The molecule has 2 nitrogen and oxygen atoms in total. The molecule has 0 saturated carbocycles. The first kappa shape index (κ1) is 13.4. The molecule has 0 radical (unpaired) electrons. The Bertz CT molecular complexity index is 192. The van der Waals surface area contributed by atoms with Crippen molar-refractivity contribution < 1.29 is 10.2 Å². The lowest BCUT2D eigenvalue weighted by Gasteiger charge is -2.26. The van der Waals surface area contributed by atoms with Gasteiger partial charge in [-0.05, 0) is 26.3 Å². The van der Waals surface area contributed by atoms with Gasteiger partial charge in [0.05, 0.1) is 0 Å². The Balaban J connectivity index is 4.45. The van der Waals surface area contributed by atoms with Gasteiger partial charge in [0.25, 0.3) is 0 Å². The smallest absolute Gasteiger partial charge is 0.189 e. The highest BCUT2D eigenvalue weighted by Crippen LogP contribution is 2.23. The Morgan fingerprint density at radius 2 is 1.86 bits per heavy atom. The zero-order chi connectivity index (χ0) is 11.0. The van der Waals surface area contributed by atoms with E-state index in [1.54, 1.807) is 13.0 Å². The van der Waals surface area contributed by atoms with Crippen molar-refractivity contribution in [1.82, 2.24) is 0 Å². The van der Waals surface area contributed by atoms with E-state index in [9.17, 15) is 10.2 Å². The minimum absolute atomic E-state index is 0.205. The first-order valence-electron chi connectivity index (χ1n) is 5.29. The van der Waals surface area contributed by atoms with E-state index in [1.807, 2.05) is 19.1 Å². The highest BCUT2D eigenvalue weighted by atomic mass is 16.5. The third kappa shape index (κ3) is 4.58. The second-order valence-corrected chi connectivity index (χ2v) is 3.56. The highest BCUT2D eigenvalue weighted by molar-refractivity contribution is 5.03. The first-order chi connectivity index (χ1) is 6.58. The van der Waals surface area contributed by atoms with Gasteiger partial charge in [0.15, 0.2) is 5.79 Å². The fourth-order valence-electron chi connectivity index (χ4n) is 1.48. The SMILES string of the molecule is C/C=C/C(CCCC)C(O)(O)/C=C/C. The average molecular weight is 198 g/mol. The molecule has 0 saturated heterocycles. The Labute approximate surface area is 87.0 Å². The molecule has 1 atom stereocenters. The fourth-order valence-corrected chi connectivity index (χ4v) is 1.48. The molecule has 0 amide bonds. The van der Waals surface area contributed by atoms with E-state index in [0.29, 0.717) is 0 Å². The van der Waals surface area contributed by atoms with Gasteiger partial charge in [0.1, 0.15) is 0 Å². The Morgan fingerprint density at radius 3 is 2.29 bits per heavy atom. The maximum atomic E-state index is 9.75. The minimum atomic E-state index is -1.70. The lowest BCUT2D eigenvalue weighted by Crippen LogP contribution is -2.34. The number of aliphatic hydroxyl groups is 2. The van der Waals surface area contributed by atoms with E-state index in [4.69, 9.17) is 0 Å². The second-order valence-electron chi connectivity index (χ2n) is 3.56. The Morgan fingerprint density at radius 1 is 1.21 bits per heavy atom. The van der Waals surface area contributed by atoms with Crippen LogP contribution >= 0.6 is 0 Å². The predicted molar refractivity (Wildman–Crippen MR) is 59.8 cm³/mol. The molecule has 2 N–H and O–H groups in total. The van der Waals surface area contributed by atoms with Crippen molar-refractivity contribution in [3.05, 3.63) is 24.3 Å². The van der Waals surface area contributed by atoms with E-state index in [2.05, 4.69) is 6.92 Å². The third-order valence-corrected chi connectivity index (χ3v) is 2.25. The molecule has 0 bridgehead atoms. The van der Waals surface area contributed by atoms with Crippen molar-refractivity contribution in [3.63, 3.8) is 0 Å². The lowest BCUT2D eigenvalue weighted by atomic mass is 9.92. The summed E-state index contributed by atoms with van der Waals surface area (Å²) in [5, 5.41) is 19.5. The van der Waals surface area contributed by atoms with Crippen LogP contribution in [0.25, 0.3) is 0 Å². The summed E-state index contributed by atoms with van der Waals surface area (Å²) in [7, 11) is 0. The maximum Gasteiger partial charge on any atom is 0.189 e. The van der Waals surface area contributed by atoms with Crippen molar-refractivity contribution in [1.29, 1.82) is 0 Å². The van der Waals surface area contributed by atoms with Gasteiger partial charge in [-0.2, -0.15) is 0 Å². The molecule has 0 aromatic carbocycles. The zero-order valence-electron chi connectivity index (χ0n) is 9.40. The van der Waals surface area contributed by atoms with Crippen LogP contribution in [0.15, 0.2) is 24.3 Å². The molecule has 0 heterocycles. The molecule has 0 aliphatic rings. The maximum absolute atomic E-state index is 9.75. The van der Waals surface area contributed by atoms with Crippen LogP contribution in [0.1, 0.15) is 40.0 Å². The van der Waals surface area contributed by atoms with Crippen LogP contribution in [-0.2, 0) is 0 Å². The fraction of sp³-hybridized carbons (Fsp3) is 0.667. The number of hydrogen-bond donors (Lipinski definition) is 2. The lowest BCUT2D eigenvalue weighted by molar-refractivity contribution is -0.149. The van der Waals surface area contributed by atoms with Gasteiger partial charge in [-0.3, -0.25) is 0 Å². The van der Waals surface area contributed by atoms with Crippen LogP contribution in [0.3, 0.4) is 0 Å². The summed E-state index contributed by atoms with van der Waals surface area (Å²) in [6.45, 7) is 5.78. The van der Waals surface area contributed by atoms with Gasteiger partial charge in [-0.15, -0.1) is 0 Å². The standard InChI is InChI=1S/C12H22O2/c1-4-7-9-11(8-5-2)12(13,14)10-6-3/h5-6,8,10-11,13-14H,4,7,9H2,1-3H3/b8-5+,10-6+. The van der Waals surface area contributed by atoms with E-state index < -0.39 is 5.79 Å². The first-order valence-corrected chi connectivity index (χ1v) is 5.29. The number of allylic oxidation sites excluding steroid dienone is 2. The van der Waals surface area contributed by atoms with Crippen LogP contribution in [0.5, 0.6) is 0 Å². The Kier molecular flexibility index (Phi) is 6.50. The molecule has 0 fully saturated rings. The van der Waals surface area contributed by atoms with Crippen molar-refractivity contribution in [2.75, 3.05) is 0 Å². The summed E-state index contributed by atoms with van der Waals surface area (Å²) in [5.41, 5.74) is 0.